The van der Waals surface area contributed by atoms with Crippen LogP contribution in [0.1, 0.15) is 69.4 Å². The molecule has 0 atom stereocenters. The van der Waals surface area contributed by atoms with Crippen molar-refractivity contribution in [3.8, 4) is 5.75 Å². The maximum Gasteiger partial charge on any atom is 0.270 e. The van der Waals surface area contributed by atoms with Crippen molar-refractivity contribution in [1.29, 1.82) is 0 Å². The minimum atomic E-state index is -3.08. The minimum Gasteiger partial charge on any atom is -0.489 e. The van der Waals surface area contributed by atoms with Crippen LogP contribution >= 0.6 is 0 Å². The standard InChI is InChI=1S/C23H28F4O2.CH4O/c1-22(24,25)21-13-19(9-8-17(21)7-4-12-28)29-15-18-14-23(26,27)11-10-20(18)16-5-2-3-6-16;1-2/h8-9,12-13,16H,2-7,10-11,14-15H2,1H3;2H,1H3. The van der Waals surface area contributed by atoms with Crippen molar-refractivity contribution >= 4 is 6.29 Å². The number of rotatable bonds is 8. The van der Waals surface area contributed by atoms with E-state index in [1.807, 2.05) is 0 Å². The first-order valence-electron chi connectivity index (χ1n) is 10.8. The summed E-state index contributed by atoms with van der Waals surface area (Å²) in [6.07, 6.45) is 5.34. The summed E-state index contributed by atoms with van der Waals surface area (Å²) < 4.78 is 61.8. The fourth-order valence-electron chi connectivity index (χ4n) is 4.58. The topological polar surface area (TPSA) is 46.5 Å². The van der Waals surface area contributed by atoms with Gasteiger partial charge in [-0.05, 0) is 54.9 Å². The van der Waals surface area contributed by atoms with Crippen molar-refractivity contribution in [2.24, 2.45) is 5.92 Å². The van der Waals surface area contributed by atoms with Gasteiger partial charge in [-0.1, -0.05) is 24.5 Å². The fourth-order valence-corrected chi connectivity index (χ4v) is 4.58. The zero-order chi connectivity index (χ0) is 23.1. The largest absolute Gasteiger partial charge is 0.489 e. The monoisotopic (exact) mass is 444 g/mol. The van der Waals surface area contributed by atoms with Crippen LogP contribution in [0.5, 0.6) is 5.75 Å². The molecular formula is C24H32F4O3. The average Bonchev–Trinajstić information content (AvgIpc) is 3.26. The van der Waals surface area contributed by atoms with Crippen LogP contribution in [0.3, 0.4) is 0 Å². The Labute approximate surface area is 181 Å². The normalized spacial score (nSPS) is 19.1. The lowest BCUT2D eigenvalue weighted by molar-refractivity contribution is -0.107. The molecule has 0 heterocycles. The van der Waals surface area contributed by atoms with Gasteiger partial charge in [-0.25, -0.2) is 17.6 Å². The third kappa shape index (κ3) is 7.06. The Morgan fingerprint density at radius 2 is 1.90 bits per heavy atom. The molecule has 0 amide bonds. The van der Waals surface area contributed by atoms with E-state index < -0.39 is 11.8 Å². The van der Waals surface area contributed by atoms with E-state index in [-0.39, 0.29) is 43.6 Å². The molecule has 2 aliphatic carbocycles. The molecule has 31 heavy (non-hydrogen) atoms. The summed E-state index contributed by atoms with van der Waals surface area (Å²) in [5, 5.41) is 7.00. The maximum absolute atomic E-state index is 14.0. The fraction of sp³-hybridized carbons (Fsp3) is 0.625. The van der Waals surface area contributed by atoms with Crippen LogP contribution in [0.25, 0.3) is 0 Å². The molecule has 0 aromatic heterocycles. The summed E-state index contributed by atoms with van der Waals surface area (Å²) in [6.45, 7) is 0.808. The Bertz CT molecular complexity index is 763. The van der Waals surface area contributed by atoms with Gasteiger partial charge in [0.2, 0.25) is 0 Å². The highest BCUT2D eigenvalue weighted by atomic mass is 19.3. The molecule has 7 heteroatoms. The van der Waals surface area contributed by atoms with Gasteiger partial charge >= 0.3 is 0 Å². The number of ether oxygens (including phenoxy) is 1. The number of allylic oxidation sites excluding steroid dienone is 1. The quantitative estimate of drug-likeness (QED) is 0.294. The van der Waals surface area contributed by atoms with Crippen LogP contribution in [-0.4, -0.2) is 31.0 Å². The minimum absolute atomic E-state index is 0.00380. The van der Waals surface area contributed by atoms with Gasteiger partial charge in [0.1, 0.15) is 18.6 Å². The molecular weight excluding hydrogens is 412 g/mol. The molecule has 0 aliphatic heterocycles. The van der Waals surface area contributed by atoms with Gasteiger partial charge in [-0.2, -0.15) is 0 Å². The Kier molecular flexibility index (Phi) is 9.10. The predicted octanol–water partition coefficient (Wildman–Crippen LogP) is 6.22. The second kappa shape index (κ2) is 11.1. The van der Waals surface area contributed by atoms with Crippen molar-refractivity contribution in [2.75, 3.05) is 13.7 Å². The van der Waals surface area contributed by atoms with E-state index in [0.717, 1.165) is 45.3 Å². The molecule has 0 unspecified atom stereocenters. The summed E-state index contributed by atoms with van der Waals surface area (Å²) in [4.78, 5) is 10.6. The maximum atomic E-state index is 14.0. The number of halogens is 4. The Morgan fingerprint density at radius 1 is 1.23 bits per heavy atom. The average molecular weight is 445 g/mol. The molecule has 174 valence electrons. The van der Waals surface area contributed by atoms with E-state index in [4.69, 9.17) is 9.84 Å². The van der Waals surface area contributed by atoms with Crippen LogP contribution in [0.2, 0.25) is 0 Å². The zero-order valence-electron chi connectivity index (χ0n) is 18.2. The van der Waals surface area contributed by atoms with Crippen LogP contribution in [0.15, 0.2) is 29.3 Å². The second-order valence-corrected chi connectivity index (χ2v) is 8.34. The van der Waals surface area contributed by atoms with Crippen molar-refractivity contribution in [3.05, 3.63) is 40.5 Å². The first-order valence-corrected chi connectivity index (χ1v) is 10.8. The Hall–Kier alpha value is -1.89. The van der Waals surface area contributed by atoms with Gasteiger partial charge in [-0.3, -0.25) is 0 Å². The zero-order valence-corrected chi connectivity index (χ0v) is 18.2. The van der Waals surface area contributed by atoms with Crippen LogP contribution < -0.4 is 4.74 Å². The number of aliphatic hydroxyl groups excluding tert-OH is 1. The van der Waals surface area contributed by atoms with Gasteiger partial charge in [0.05, 0.1) is 0 Å². The molecule has 1 aromatic carbocycles. The van der Waals surface area contributed by atoms with Crippen molar-refractivity contribution < 1.29 is 32.2 Å². The van der Waals surface area contributed by atoms with Gasteiger partial charge in [-0.15, -0.1) is 0 Å². The number of alkyl halides is 4. The Morgan fingerprint density at radius 3 is 2.52 bits per heavy atom. The van der Waals surface area contributed by atoms with E-state index in [0.29, 0.717) is 29.8 Å². The first kappa shape index (κ1) is 25.4. The number of hydrogen-bond acceptors (Lipinski definition) is 3. The highest BCUT2D eigenvalue weighted by Crippen LogP contribution is 2.44. The van der Waals surface area contributed by atoms with E-state index in [2.05, 4.69) is 0 Å². The second-order valence-electron chi connectivity index (χ2n) is 8.34. The van der Waals surface area contributed by atoms with Gasteiger partial charge < -0.3 is 14.6 Å². The van der Waals surface area contributed by atoms with Gasteiger partial charge in [0.15, 0.2) is 0 Å². The predicted molar refractivity (Wildman–Crippen MR) is 112 cm³/mol. The Balaban J connectivity index is 0.00000166. The number of aliphatic hydroxyl groups is 1. The number of aryl methyl sites for hydroxylation is 1. The molecule has 1 saturated carbocycles. The van der Waals surface area contributed by atoms with Crippen molar-refractivity contribution in [1.82, 2.24) is 0 Å². The van der Waals surface area contributed by atoms with E-state index in [1.165, 1.54) is 12.1 Å². The molecule has 2 aliphatic rings. The highest BCUT2D eigenvalue weighted by Gasteiger charge is 2.38. The SMILES string of the molecule is CC(F)(F)c1cc(OCC2=C(C3CCCC3)CCC(F)(F)C2)ccc1CCC=O.CO. The molecule has 0 radical (unpaired) electrons. The number of carbonyl (C=O) groups is 1. The smallest absolute Gasteiger partial charge is 0.270 e. The highest BCUT2D eigenvalue weighted by molar-refractivity contribution is 5.51. The number of carbonyl (C=O) groups excluding carboxylic acids is 1. The van der Waals surface area contributed by atoms with E-state index in [9.17, 15) is 22.4 Å². The van der Waals surface area contributed by atoms with Gasteiger partial charge in [0, 0.05) is 38.9 Å². The van der Waals surface area contributed by atoms with Crippen LogP contribution in [0.4, 0.5) is 17.6 Å². The van der Waals surface area contributed by atoms with Crippen molar-refractivity contribution in [2.45, 2.75) is 76.6 Å². The summed E-state index contributed by atoms with van der Waals surface area (Å²) in [6, 6.07) is 4.39. The molecule has 0 saturated heterocycles. The van der Waals surface area contributed by atoms with Gasteiger partial charge in [0.25, 0.3) is 11.8 Å². The molecule has 0 bridgehead atoms. The molecule has 3 rings (SSSR count). The molecule has 3 nitrogen and oxygen atoms in total. The van der Waals surface area contributed by atoms with E-state index in [1.54, 1.807) is 6.07 Å². The molecule has 1 fully saturated rings. The molecule has 1 N–H and O–H groups in total. The summed E-state index contributed by atoms with van der Waals surface area (Å²) >= 11 is 0. The number of aldehydes is 1. The van der Waals surface area contributed by atoms with Crippen LogP contribution in [-0.2, 0) is 17.1 Å². The summed E-state index contributed by atoms with van der Waals surface area (Å²) in [5.41, 5.74) is 1.93. The van der Waals surface area contributed by atoms with Crippen molar-refractivity contribution in [3.63, 3.8) is 0 Å². The molecule has 1 aromatic rings. The lowest BCUT2D eigenvalue weighted by Gasteiger charge is -2.30. The third-order valence-electron chi connectivity index (χ3n) is 6.03. The van der Waals surface area contributed by atoms with E-state index >= 15 is 0 Å². The first-order chi connectivity index (χ1) is 14.7. The number of hydrogen-bond donors (Lipinski definition) is 1. The van der Waals surface area contributed by atoms with Crippen LogP contribution in [0, 0.1) is 5.92 Å². The number of benzene rings is 1. The summed E-state index contributed by atoms with van der Waals surface area (Å²) in [5.74, 6) is -5.22. The summed E-state index contributed by atoms with van der Waals surface area (Å²) in [7, 11) is 1.00. The lowest BCUT2D eigenvalue weighted by atomic mass is 9.81. The lowest BCUT2D eigenvalue weighted by Crippen LogP contribution is -2.26. The molecule has 0 spiro atoms. The third-order valence-corrected chi connectivity index (χ3v) is 6.03.